The third-order valence-electron chi connectivity index (χ3n) is 3.47. The first-order valence-corrected chi connectivity index (χ1v) is 7.10. The van der Waals surface area contributed by atoms with Crippen LogP contribution in [0.4, 0.5) is 5.82 Å². The molecule has 1 amide bonds. The molecule has 0 saturated heterocycles. The lowest BCUT2D eigenvalue weighted by molar-refractivity contribution is 0.102. The van der Waals surface area contributed by atoms with Gasteiger partial charge in [0.15, 0.2) is 0 Å². The van der Waals surface area contributed by atoms with Crippen molar-refractivity contribution in [2.75, 3.05) is 5.32 Å². The number of hydrogen-bond acceptors (Lipinski definition) is 4. The van der Waals surface area contributed by atoms with Crippen LogP contribution < -0.4 is 10.9 Å². The van der Waals surface area contributed by atoms with Crippen LogP contribution in [0.5, 0.6) is 5.75 Å². The molecule has 7 heteroatoms. The average molecular weight is 330 g/mol. The van der Waals surface area contributed by atoms with Gasteiger partial charge in [0.05, 0.1) is 10.5 Å². The maximum absolute atomic E-state index is 12.4. The normalized spacial score (nSPS) is 10.7. The second-order valence-corrected chi connectivity index (χ2v) is 5.36. The molecule has 2 N–H and O–H groups in total. The van der Waals surface area contributed by atoms with E-state index < -0.39 is 11.5 Å². The van der Waals surface area contributed by atoms with Crippen LogP contribution in [-0.4, -0.2) is 20.6 Å². The molecule has 0 bridgehead atoms. The van der Waals surface area contributed by atoms with E-state index in [-0.39, 0.29) is 17.1 Å². The van der Waals surface area contributed by atoms with Crippen molar-refractivity contribution in [3.63, 3.8) is 0 Å². The predicted octanol–water partition coefficient (Wildman–Crippen LogP) is 2.54. The molecule has 0 aliphatic rings. The van der Waals surface area contributed by atoms with Crippen molar-refractivity contribution in [1.82, 2.24) is 9.55 Å². The van der Waals surface area contributed by atoms with Gasteiger partial charge < -0.3 is 15.0 Å². The van der Waals surface area contributed by atoms with E-state index in [1.54, 1.807) is 37.4 Å². The van der Waals surface area contributed by atoms with Crippen LogP contribution in [0.2, 0.25) is 5.02 Å². The number of hydrogen-bond donors (Lipinski definition) is 2. The van der Waals surface area contributed by atoms with Gasteiger partial charge in [0.2, 0.25) is 0 Å². The van der Waals surface area contributed by atoms with E-state index in [2.05, 4.69) is 10.3 Å². The molecule has 0 radical (unpaired) electrons. The number of fused-ring (bicyclic) bond motifs is 1. The Hall–Kier alpha value is -2.86. The van der Waals surface area contributed by atoms with Crippen LogP contribution in [0, 0.1) is 0 Å². The number of halogens is 1. The topological polar surface area (TPSA) is 84.2 Å². The van der Waals surface area contributed by atoms with Gasteiger partial charge in [-0.05, 0) is 24.3 Å². The standard InChI is InChI=1S/C16H12ClN3O3/c1-20-11-5-3-2-4-10(11)14(21)13(16(20)23)15(22)19-12-7-6-9(17)8-18-12/h2-8,21H,1H3,(H,18,19,22). The Morgan fingerprint density at radius 2 is 2.00 bits per heavy atom. The summed E-state index contributed by atoms with van der Waals surface area (Å²) in [6.07, 6.45) is 1.37. The fourth-order valence-corrected chi connectivity index (χ4v) is 2.42. The number of rotatable bonds is 2. The highest BCUT2D eigenvalue weighted by Crippen LogP contribution is 2.26. The van der Waals surface area contributed by atoms with Crippen molar-refractivity contribution in [2.24, 2.45) is 7.05 Å². The van der Waals surface area contributed by atoms with E-state index in [0.29, 0.717) is 15.9 Å². The van der Waals surface area contributed by atoms with Gasteiger partial charge in [-0.3, -0.25) is 9.59 Å². The average Bonchev–Trinajstić information content (AvgIpc) is 2.55. The Morgan fingerprint density at radius 1 is 1.26 bits per heavy atom. The van der Waals surface area contributed by atoms with Crippen molar-refractivity contribution in [2.45, 2.75) is 0 Å². The molecule has 3 aromatic rings. The summed E-state index contributed by atoms with van der Waals surface area (Å²) in [4.78, 5) is 28.7. The van der Waals surface area contributed by atoms with Gasteiger partial charge in [0.1, 0.15) is 17.1 Å². The summed E-state index contributed by atoms with van der Waals surface area (Å²) in [7, 11) is 1.54. The van der Waals surface area contributed by atoms with Gasteiger partial charge in [-0.25, -0.2) is 4.98 Å². The highest BCUT2D eigenvalue weighted by Gasteiger charge is 2.21. The molecule has 6 nitrogen and oxygen atoms in total. The number of para-hydroxylation sites is 1. The number of nitrogens with zero attached hydrogens (tertiary/aromatic N) is 2. The highest BCUT2D eigenvalue weighted by molar-refractivity contribution is 6.30. The van der Waals surface area contributed by atoms with Gasteiger partial charge in [-0.15, -0.1) is 0 Å². The minimum absolute atomic E-state index is 0.231. The summed E-state index contributed by atoms with van der Waals surface area (Å²) in [5.74, 6) is -0.854. The number of aryl methyl sites for hydroxylation is 1. The first kappa shape index (κ1) is 15.1. The molecule has 0 unspecified atom stereocenters. The monoisotopic (exact) mass is 329 g/mol. The van der Waals surface area contributed by atoms with Gasteiger partial charge in [0, 0.05) is 18.6 Å². The number of carbonyl (C=O) groups excluding carboxylic acids is 1. The van der Waals surface area contributed by atoms with E-state index >= 15 is 0 Å². The van der Waals surface area contributed by atoms with Gasteiger partial charge >= 0.3 is 0 Å². The number of carbonyl (C=O) groups is 1. The molecule has 0 fully saturated rings. The molecule has 0 aliphatic heterocycles. The molecule has 2 aromatic heterocycles. The summed E-state index contributed by atoms with van der Waals surface area (Å²) < 4.78 is 1.32. The molecule has 116 valence electrons. The van der Waals surface area contributed by atoms with Crippen LogP contribution in [0.15, 0.2) is 47.4 Å². The Bertz CT molecular complexity index is 965. The number of pyridine rings is 2. The smallest absolute Gasteiger partial charge is 0.267 e. The predicted molar refractivity (Wildman–Crippen MR) is 88.1 cm³/mol. The van der Waals surface area contributed by atoms with E-state index in [0.717, 1.165) is 0 Å². The van der Waals surface area contributed by atoms with Crippen LogP contribution in [0.25, 0.3) is 10.9 Å². The molecule has 1 aromatic carbocycles. The molecular formula is C16H12ClN3O3. The zero-order chi connectivity index (χ0) is 16.6. The molecule has 0 saturated carbocycles. The minimum atomic E-state index is -0.733. The lowest BCUT2D eigenvalue weighted by atomic mass is 10.1. The highest BCUT2D eigenvalue weighted by atomic mass is 35.5. The maximum atomic E-state index is 12.4. The molecule has 2 heterocycles. The van der Waals surface area contributed by atoms with E-state index in [9.17, 15) is 14.7 Å². The third kappa shape index (κ3) is 2.64. The first-order valence-electron chi connectivity index (χ1n) is 6.72. The summed E-state index contributed by atoms with van der Waals surface area (Å²) in [5.41, 5.74) is -0.383. The number of anilines is 1. The zero-order valence-electron chi connectivity index (χ0n) is 12.1. The van der Waals surface area contributed by atoms with Crippen LogP contribution in [0.1, 0.15) is 10.4 Å². The lowest BCUT2D eigenvalue weighted by Gasteiger charge is -2.11. The second-order valence-electron chi connectivity index (χ2n) is 4.92. The second kappa shape index (κ2) is 5.73. The van der Waals surface area contributed by atoms with Crippen molar-refractivity contribution in [3.05, 3.63) is 63.5 Å². The van der Waals surface area contributed by atoms with Crippen molar-refractivity contribution in [1.29, 1.82) is 0 Å². The summed E-state index contributed by atoms with van der Waals surface area (Å²) >= 11 is 5.73. The molecule has 0 atom stereocenters. The van der Waals surface area contributed by atoms with Crippen molar-refractivity contribution >= 4 is 34.2 Å². The molecule has 3 rings (SSSR count). The van der Waals surface area contributed by atoms with Gasteiger partial charge in [-0.1, -0.05) is 23.7 Å². The fraction of sp³-hybridized carbons (Fsp3) is 0.0625. The third-order valence-corrected chi connectivity index (χ3v) is 3.70. The van der Waals surface area contributed by atoms with Crippen molar-refractivity contribution < 1.29 is 9.90 Å². The lowest BCUT2D eigenvalue weighted by Crippen LogP contribution is -2.28. The first-order chi connectivity index (χ1) is 11.0. The summed E-state index contributed by atoms with van der Waals surface area (Å²) in [6, 6.07) is 9.86. The van der Waals surface area contributed by atoms with Crippen LogP contribution >= 0.6 is 11.6 Å². The molecular weight excluding hydrogens is 318 g/mol. The maximum Gasteiger partial charge on any atom is 0.267 e. The Kier molecular flexibility index (Phi) is 3.75. The number of nitrogens with one attached hydrogen (secondary N) is 1. The fourth-order valence-electron chi connectivity index (χ4n) is 2.31. The van der Waals surface area contributed by atoms with Gasteiger partial charge in [-0.2, -0.15) is 0 Å². The van der Waals surface area contributed by atoms with E-state index in [4.69, 9.17) is 11.6 Å². The number of benzene rings is 1. The Morgan fingerprint density at radius 3 is 2.70 bits per heavy atom. The summed E-state index contributed by atoms with van der Waals surface area (Å²) in [5, 5.41) is 13.7. The molecule has 0 spiro atoms. The minimum Gasteiger partial charge on any atom is -0.506 e. The SMILES string of the molecule is Cn1c(=O)c(C(=O)Nc2ccc(Cl)cn2)c(O)c2ccccc21. The largest absolute Gasteiger partial charge is 0.506 e. The molecule has 0 aliphatic carbocycles. The van der Waals surface area contributed by atoms with E-state index in [1.807, 2.05) is 0 Å². The Labute approximate surface area is 136 Å². The number of aromatic hydroxyl groups is 1. The number of aromatic nitrogens is 2. The van der Waals surface area contributed by atoms with Crippen LogP contribution in [0.3, 0.4) is 0 Å². The van der Waals surface area contributed by atoms with Crippen LogP contribution in [-0.2, 0) is 7.05 Å². The summed E-state index contributed by atoms with van der Waals surface area (Å²) in [6.45, 7) is 0. The van der Waals surface area contributed by atoms with E-state index in [1.165, 1.54) is 16.8 Å². The van der Waals surface area contributed by atoms with Gasteiger partial charge in [0.25, 0.3) is 11.5 Å². The number of amides is 1. The quantitative estimate of drug-likeness (QED) is 0.756. The zero-order valence-corrected chi connectivity index (χ0v) is 12.8. The molecule has 23 heavy (non-hydrogen) atoms. The van der Waals surface area contributed by atoms with Crippen molar-refractivity contribution in [3.8, 4) is 5.75 Å². The Balaban J connectivity index is 2.10.